The second-order valence-corrected chi connectivity index (χ2v) is 7.24. The lowest BCUT2D eigenvalue weighted by Crippen LogP contribution is -2.28. The number of Topliss-reactive ketones (excluding diaryl/α,β-unsaturated/α-hetero) is 1. The van der Waals surface area contributed by atoms with Gasteiger partial charge in [-0.3, -0.25) is 9.78 Å². The van der Waals surface area contributed by atoms with Crippen molar-refractivity contribution in [1.82, 2.24) is 15.1 Å². The Morgan fingerprint density at radius 1 is 1.39 bits per heavy atom. The molecule has 1 fully saturated rings. The maximum Gasteiger partial charge on any atom is 0.223 e. The van der Waals surface area contributed by atoms with Gasteiger partial charge < -0.3 is 4.52 Å². The zero-order chi connectivity index (χ0) is 16.6. The molecule has 1 saturated carbocycles. The zero-order valence-electron chi connectivity index (χ0n) is 13.0. The quantitative estimate of drug-likeness (QED) is 0.719. The maximum atomic E-state index is 12.7. The molecule has 0 aliphatic heterocycles. The van der Waals surface area contributed by atoms with Crippen molar-refractivity contribution < 1.29 is 9.32 Å². The number of hydrogen-bond donors (Lipinski definition) is 0. The van der Waals surface area contributed by atoms with E-state index >= 15 is 0 Å². The van der Waals surface area contributed by atoms with Crippen LogP contribution >= 0.6 is 23.2 Å². The van der Waals surface area contributed by atoms with Crippen LogP contribution < -0.4 is 0 Å². The first-order chi connectivity index (χ1) is 10.9. The van der Waals surface area contributed by atoms with E-state index in [1.165, 1.54) is 25.1 Å². The van der Waals surface area contributed by atoms with E-state index in [0.717, 1.165) is 6.42 Å². The Morgan fingerprint density at radius 3 is 2.70 bits per heavy atom. The van der Waals surface area contributed by atoms with Crippen molar-refractivity contribution in [1.29, 1.82) is 0 Å². The van der Waals surface area contributed by atoms with Gasteiger partial charge in [-0.1, -0.05) is 48.1 Å². The summed E-state index contributed by atoms with van der Waals surface area (Å²) in [4.78, 5) is 21.1. The van der Waals surface area contributed by atoms with E-state index in [1.807, 2.05) is 6.92 Å². The second-order valence-electron chi connectivity index (χ2n) is 6.43. The van der Waals surface area contributed by atoms with Crippen LogP contribution in [0.3, 0.4) is 0 Å². The minimum atomic E-state index is -0.468. The molecule has 5 nitrogen and oxygen atoms in total. The van der Waals surface area contributed by atoms with Crippen molar-refractivity contribution in [3.8, 4) is 0 Å². The van der Waals surface area contributed by atoms with Crippen LogP contribution in [0.2, 0.25) is 10.0 Å². The van der Waals surface area contributed by atoms with E-state index in [1.54, 1.807) is 6.92 Å². The van der Waals surface area contributed by atoms with Gasteiger partial charge in [-0.2, -0.15) is 4.98 Å². The van der Waals surface area contributed by atoms with E-state index in [9.17, 15) is 4.79 Å². The molecule has 0 N–H and O–H groups in total. The highest BCUT2D eigenvalue weighted by molar-refractivity contribution is 6.42. The molecule has 3 rings (SSSR count). The second kappa shape index (κ2) is 6.21. The molecule has 2 aromatic heterocycles. The van der Waals surface area contributed by atoms with Crippen molar-refractivity contribution in [3.05, 3.63) is 39.7 Å². The van der Waals surface area contributed by atoms with Crippen LogP contribution in [0.1, 0.15) is 54.8 Å². The number of hydrogen-bond acceptors (Lipinski definition) is 5. The average molecular weight is 354 g/mol. The van der Waals surface area contributed by atoms with Crippen LogP contribution in [0.25, 0.3) is 0 Å². The van der Waals surface area contributed by atoms with Crippen molar-refractivity contribution in [2.24, 2.45) is 5.92 Å². The number of nitrogens with zero attached hydrogens (tertiary/aromatic N) is 3. The summed E-state index contributed by atoms with van der Waals surface area (Å²) in [6.07, 6.45) is 4.89. The monoisotopic (exact) mass is 353 g/mol. The zero-order valence-corrected chi connectivity index (χ0v) is 14.5. The first kappa shape index (κ1) is 16.4. The van der Waals surface area contributed by atoms with Gasteiger partial charge in [-0.05, 0) is 18.4 Å². The first-order valence-corrected chi connectivity index (χ1v) is 8.28. The molecule has 23 heavy (non-hydrogen) atoms. The summed E-state index contributed by atoms with van der Waals surface area (Å²) in [7, 11) is 0. The molecule has 1 unspecified atom stereocenters. The Hall–Kier alpha value is -1.46. The molecule has 2 heterocycles. The predicted octanol–water partition coefficient (Wildman–Crippen LogP) is 4.41. The van der Waals surface area contributed by atoms with Gasteiger partial charge in [-0.25, -0.2) is 0 Å². The van der Waals surface area contributed by atoms with Crippen LogP contribution in [-0.2, 0) is 5.41 Å². The molecular formula is C16H17Cl2N3O2. The Morgan fingerprint density at radius 2 is 2.13 bits per heavy atom. The Kier molecular flexibility index (Phi) is 4.43. The summed E-state index contributed by atoms with van der Waals surface area (Å²) in [5, 5.41) is 4.70. The smallest absolute Gasteiger partial charge is 0.223 e. The Bertz CT molecular complexity index is 743. The predicted molar refractivity (Wildman–Crippen MR) is 86.9 cm³/mol. The molecule has 0 spiro atoms. The van der Waals surface area contributed by atoms with Crippen molar-refractivity contribution in [3.63, 3.8) is 0 Å². The van der Waals surface area contributed by atoms with E-state index in [2.05, 4.69) is 15.1 Å². The molecular weight excluding hydrogens is 337 g/mol. The molecule has 1 atom stereocenters. The molecule has 2 aromatic rings. The van der Waals surface area contributed by atoms with Gasteiger partial charge >= 0.3 is 0 Å². The molecule has 122 valence electrons. The van der Waals surface area contributed by atoms with Crippen LogP contribution in [-0.4, -0.2) is 20.9 Å². The highest BCUT2D eigenvalue weighted by atomic mass is 35.5. The fourth-order valence-electron chi connectivity index (χ4n) is 2.76. The summed E-state index contributed by atoms with van der Waals surface area (Å²) in [6.45, 7) is 3.75. The van der Waals surface area contributed by atoms with Crippen molar-refractivity contribution in [2.45, 2.75) is 44.9 Å². The molecule has 0 aromatic carbocycles. The molecule has 0 amide bonds. The van der Waals surface area contributed by atoms with Gasteiger partial charge in [0.05, 0.1) is 10.0 Å². The SMILES string of the molecule is Cc1nc(C(C)(CC(=O)c2cc(Cl)c(Cl)cn2)CC2CC2)no1. The first-order valence-electron chi connectivity index (χ1n) is 7.52. The summed E-state index contributed by atoms with van der Waals surface area (Å²) in [5.74, 6) is 1.60. The highest BCUT2D eigenvalue weighted by Gasteiger charge is 2.40. The minimum Gasteiger partial charge on any atom is -0.340 e. The van der Waals surface area contributed by atoms with Gasteiger partial charge in [0.15, 0.2) is 11.6 Å². The lowest BCUT2D eigenvalue weighted by molar-refractivity contribution is 0.0939. The van der Waals surface area contributed by atoms with Crippen molar-refractivity contribution in [2.75, 3.05) is 0 Å². The number of pyridine rings is 1. The van der Waals surface area contributed by atoms with E-state index in [-0.39, 0.29) is 12.2 Å². The van der Waals surface area contributed by atoms with Gasteiger partial charge in [-0.15, -0.1) is 0 Å². The summed E-state index contributed by atoms with van der Waals surface area (Å²) in [6, 6.07) is 1.51. The number of ketones is 1. The lowest BCUT2D eigenvalue weighted by Gasteiger charge is -2.25. The van der Waals surface area contributed by atoms with Gasteiger partial charge in [0, 0.05) is 25.0 Å². The Balaban J connectivity index is 1.85. The van der Waals surface area contributed by atoms with Gasteiger partial charge in [0.2, 0.25) is 5.89 Å². The molecule has 1 aliphatic carbocycles. The number of rotatable bonds is 6. The largest absolute Gasteiger partial charge is 0.340 e. The van der Waals surface area contributed by atoms with Gasteiger partial charge in [0.1, 0.15) is 5.69 Å². The summed E-state index contributed by atoms with van der Waals surface area (Å²) in [5.41, 5.74) is -0.161. The number of aromatic nitrogens is 3. The van der Waals surface area contributed by atoms with Crippen LogP contribution in [0.15, 0.2) is 16.8 Å². The third kappa shape index (κ3) is 3.72. The molecule has 1 aliphatic rings. The topological polar surface area (TPSA) is 68.9 Å². The van der Waals surface area contributed by atoms with E-state index < -0.39 is 5.41 Å². The van der Waals surface area contributed by atoms with E-state index in [4.69, 9.17) is 27.7 Å². The van der Waals surface area contributed by atoms with Crippen molar-refractivity contribution >= 4 is 29.0 Å². The number of halogens is 2. The van der Waals surface area contributed by atoms with Crippen LogP contribution in [0, 0.1) is 12.8 Å². The standard InChI is InChI=1S/C16H17Cl2N3O2/c1-9-20-15(21-23-9)16(2,6-10-3-4-10)7-14(22)13-5-11(17)12(18)8-19-13/h5,8,10H,3-4,6-7H2,1-2H3. The molecule has 0 saturated heterocycles. The third-order valence-corrected chi connectivity index (χ3v) is 4.86. The molecule has 0 radical (unpaired) electrons. The van der Waals surface area contributed by atoms with Crippen LogP contribution in [0.5, 0.6) is 0 Å². The highest BCUT2D eigenvalue weighted by Crippen LogP contribution is 2.43. The number of carbonyl (C=O) groups is 1. The minimum absolute atomic E-state index is 0.103. The average Bonchev–Trinajstić information content (AvgIpc) is 3.18. The molecule has 0 bridgehead atoms. The van der Waals surface area contributed by atoms with Gasteiger partial charge in [0.25, 0.3) is 0 Å². The Labute approximate surface area is 144 Å². The third-order valence-electron chi connectivity index (χ3n) is 4.15. The lowest BCUT2D eigenvalue weighted by atomic mass is 9.78. The number of carbonyl (C=O) groups excluding carboxylic acids is 1. The summed E-state index contributed by atoms with van der Waals surface area (Å²) < 4.78 is 5.11. The normalized spacial score (nSPS) is 17.0. The fourth-order valence-corrected chi connectivity index (χ4v) is 3.01. The van der Waals surface area contributed by atoms with E-state index in [0.29, 0.717) is 33.4 Å². The fraction of sp³-hybridized carbons (Fsp3) is 0.500. The number of aryl methyl sites for hydroxylation is 1. The maximum absolute atomic E-state index is 12.7. The molecule has 7 heteroatoms. The summed E-state index contributed by atoms with van der Waals surface area (Å²) >= 11 is 11.8. The van der Waals surface area contributed by atoms with Crippen LogP contribution in [0.4, 0.5) is 0 Å².